The van der Waals surface area contributed by atoms with Crippen LogP contribution in [0.3, 0.4) is 0 Å². The van der Waals surface area contributed by atoms with Crippen LogP contribution < -0.4 is 5.32 Å². The molecular formula is C12H16FNO2S. The Labute approximate surface area is 104 Å². The van der Waals surface area contributed by atoms with Crippen LogP contribution in [-0.4, -0.2) is 35.2 Å². The lowest BCUT2D eigenvalue weighted by Gasteiger charge is -2.22. The van der Waals surface area contributed by atoms with E-state index >= 15 is 0 Å². The number of carbonyl (C=O) groups excluding carboxylic acids is 1. The summed E-state index contributed by atoms with van der Waals surface area (Å²) in [5, 5.41) is 12.4. The van der Waals surface area contributed by atoms with Crippen molar-refractivity contribution in [2.45, 2.75) is 12.5 Å². The summed E-state index contributed by atoms with van der Waals surface area (Å²) in [5.41, 5.74) is -0.701. The van der Waals surface area contributed by atoms with Crippen LogP contribution in [0.2, 0.25) is 0 Å². The minimum absolute atomic E-state index is 0.142. The fraction of sp³-hybridized carbons (Fsp3) is 0.417. The molecule has 5 heteroatoms. The zero-order valence-electron chi connectivity index (χ0n) is 9.87. The molecule has 3 nitrogen and oxygen atoms in total. The van der Waals surface area contributed by atoms with Crippen LogP contribution in [0.5, 0.6) is 0 Å². The predicted octanol–water partition coefficient (Wildman–Crippen LogP) is 1.67. The Bertz CT molecular complexity index is 396. The average molecular weight is 257 g/mol. The highest BCUT2D eigenvalue weighted by Gasteiger charge is 2.20. The van der Waals surface area contributed by atoms with E-state index in [1.54, 1.807) is 6.92 Å². The van der Waals surface area contributed by atoms with Crippen molar-refractivity contribution in [3.05, 3.63) is 35.6 Å². The number of nitrogens with one attached hydrogen (secondary N) is 1. The standard InChI is InChI=1S/C12H16FNO2S/c1-12(16,8-17-2)7-14-11(15)9-4-3-5-10(13)6-9/h3-6,16H,7-8H2,1-2H3,(H,14,15)/t12-/m1/s1. The van der Waals surface area contributed by atoms with Gasteiger partial charge in [0.2, 0.25) is 0 Å². The number of aliphatic hydroxyl groups is 1. The molecule has 0 bridgehead atoms. The Balaban J connectivity index is 2.56. The Kier molecular flexibility index (Phi) is 4.96. The molecule has 0 heterocycles. The highest BCUT2D eigenvalue weighted by molar-refractivity contribution is 7.98. The fourth-order valence-corrected chi connectivity index (χ4v) is 2.09. The number of carbonyl (C=O) groups is 1. The number of rotatable bonds is 5. The first kappa shape index (κ1) is 14.0. The van der Waals surface area contributed by atoms with Crippen molar-refractivity contribution in [2.24, 2.45) is 0 Å². The lowest BCUT2D eigenvalue weighted by molar-refractivity contribution is 0.0725. The molecule has 0 aliphatic carbocycles. The van der Waals surface area contributed by atoms with Crippen LogP contribution in [0, 0.1) is 5.82 Å². The van der Waals surface area contributed by atoms with Crippen molar-refractivity contribution in [1.82, 2.24) is 5.32 Å². The normalized spacial score (nSPS) is 14.1. The van der Waals surface area contributed by atoms with Gasteiger partial charge in [0, 0.05) is 17.9 Å². The zero-order chi connectivity index (χ0) is 12.9. The van der Waals surface area contributed by atoms with Gasteiger partial charge in [-0.3, -0.25) is 4.79 Å². The summed E-state index contributed by atoms with van der Waals surface area (Å²) in [6, 6.07) is 5.45. The van der Waals surface area contributed by atoms with Crippen LogP contribution in [0.25, 0.3) is 0 Å². The molecule has 94 valence electrons. The molecule has 0 fully saturated rings. The number of amides is 1. The molecule has 1 aromatic rings. The Hall–Kier alpha value is -1.07. The molecule has 0 aliphatic heterocycles. The SMILES string of the molecule is CSC[C@](C)(O)CNC(=O)c1cccc(F)c1. The average Bonchev–Trinajstić information content (AvgIpc) is 2.26. The van der Waals surface area contributed by atoms with Gasteiger partial charge < -0.3 is 10.4 Å². The fourth-order valence-electron chi connectivity index (χ4n) is 1.36. The van der Waals surface area contributed by atoms with E-state index in [0.717, 1.165) is 0 Å². The third-order valence-electron chi connectivity index (χ3n) is 2.17. The van der Waals surface area contributed by atoms with Crippen molar-refractivity contribution < 1.29 is 14.3 Å². The largest absolute Gasteiger partial charge is 0.387 e. The van der Waals surface area contributed by atoms with Crippen molar-refractivity contribution in [3.8, 4) is 0 Å². The molecule has 0 saturated heterocycles. The summed E-state index contributed by atoms with van der Waals surface area (Å²) in [6.45, 7) is 1.79. The number of halogens is 1. The van der Waals surface area contributed by atoms with Gasteiger partial charge in [-0.25, -0.2) is 4.39 Å². The quantitative estimate of drug-likeness (QED) is 0.843. The Morgan fingerprint density at radius 2 is 2.29 bits per heavy atom. The predicted molar refractivity (Wildman–Crippen MR) is 67.7 cm³/mol. The van der Waals surface area contributed by atoms with E-state index in [4.69, 9.17) is 0 Å². The monoisotopic (exact) mass is 257 g/mol. The highest BCUT2D eigenvalue weighted by atomic mass is 32.2. The molecular weight excluding hydrogens is 241 g/mol. The maximum atomic E-state index is 12.9. The maximum absolute atomic E-state index is 12.9. The molecule has 0 radical (unpaired) electrons. The van der Waals surface area contributed by atoms with Crippen LogP contribution in [0.4, 0.5) is 4.39 Å². The number of hydrogen-bond acceptors (Lipinski definition) is 3. The van der Waals surface area contributed by atoms with E-state index in [2.05, 4.69) is 5.32 Å². The van der Waals surface area contributed by atoms with Gasteiger partial charge in [0.1, 0.15) is 5.82 Å². The van der Waals surface area contributed by atoms with E-state index in [9.17, 15) is 14.3 Å². The minimum Gasteiger partial charge on any atom is -0.387 e. The first-order valence-electron chi connectivity index (χ1n) is 5.20. The van der Waals surface area contributed by atoms with E-state index in [1.165, 1.54) is 36.0 Å². The van der Waals surface area contributed by atoms with Crippen LogP contribution in [0.1, 0.15) is 17.3 Å². The molecule has 0 unspecified atom stereocenters. The third kappa shape index (κ3) is 4.75. The summed E-state index contributed by atoms with van der Waals surface area (Å²) >= 11 is 1.50. The third-order valence-corrected chi connectivity index (χ3v) is 3.08. The Morgan fingerprint density at radius 1 is 1.59 bits per heavy atom. The van der Waals surface area contributed by atoms with Gasteiger partial charge in [-0.15, -0.1) is 0 Å². The highest BCUT2D eigenvalue weighted by Crippen LogP contribution is 2.10. The molecule has 2 N–H and O–H groups in total. The van der Waals surface area contributed by atoms with E-state index < -0.39 is 11.4 Å². The number of benzene rings is 1. The van der Waals surface area contributed by atoms with Crippen molar-refractivity contribution >= 4 is 17.7 Å². The summed E-state index contributed by atoms with van der Waals surface area (Å²) in [7, 11) is 0. The molecule has 17 heavy (non-hydrogen) atoms. The maximum Gasteiger partial charge on any atom is 0.251 e. The van der Waals surface area contributed by atoms with Crippen LogP contribution in [0.15, 0.2) is 24.3 Å². The minimum atomic E-state index is -0.956. The second kappa shape index (κ2) is 6.02. The molecule has 1 aromatic carbocycles. The second-order valence-electron chi connectivity index (χ2n) is 4.12. The number of thioether (sulfide) groups is 1. The molecule has 1 amide bonds. The van der Waals surface area contributed by atoms with Crippen molar-refractivity contribution in [2.75, 3.05) is 18.6 Å². The van der Waals surface area contributed by atoms with E-state index in [0.29, 0.717) is 5.75 Å². The molecule has 0 spiro atoms. The van der Waals surface area contributed by atoms with Crippen LogP contribution in [-0.2, 0) is 0 Å². The summed E-state index contributed by atoms with van der Waals surface area (Å²) in [4.78, 5) is 11.7. The smallest absolute Gasteiger partial charge is 0.251 e. The lowest BCUT2D eigenvalue weighted by atomic mass is 10.1. The first-order chi connectivity index (χ1) is 7.94. The second-order valence-corrected chi connectivity index (χ2v) is 4.99. The number of hydrogen-bond donors (Lipinski definition) is 2. The molecule has 1 atom stereocenters. The molecule has 1 rings (SSSR count). The van der Waals surface area contributed by atoms with Gasteiger partial charge >= 0.3 is 0 Å². The van der Waals surface area contributed by atoms with Crippen LogP contribution >= 0.6 is 11.8 Å². The van der Waals surface area contributed by atoms with Gasteiger partial charge in [0.05, 0.1) is 5.60 Å². The van der Waals surface area contributed by atoms with Gasteiger partial charge in [-0.1, -0.05) is 6.07 Å². The first-order valence-corrected chi connectivity index (χ1v) is 6.59. The van der Waals surface area contributed by atoms with Gasteiger partial charge in [0.15, 0.2) is 0 Å². The summed E-state index contributed by atoms with van der Waals surface area (Å²) in [6.07, 6.45) is 1.88. The molecule has 0 saturated carbocycles. The van der Waals surface area contributed by atoms with Gasteiger partial charge in [-0.2, -0.15) is 11.8 Å². The van der Waals surface area contributed by atoms with Crippen molar-refractivity contribution in [1.29, 1.82) is 0 Å². The summed E-state index contributed by atoms with van der Waals surface area (Å²) < 4.78 is 12.9. The van der Waals surface area contributed by atoms with E-state index in [1.807, 2.05) is 6.26 Å². The lowest BCUT2D eigenvalue weighted by Crippen LogP contribution is -2.42. The summed E-state index contributed by atoms with van der Waals surface area (Å²) in [5.74, 6) is -0.310. The topological polar surface area (TPSA) is 49.3 Å². The molecule has 0 aromatic heterocycles. The zero-order valence-corrected chi connectivity index (χ0v) is 10.7. The van der Waals surface area contributed by atoms with Gasteiger partial charge in [0.25, 0.3) is 5.91 Å². The van der Waals surface area contributed by atoms with Crippen molar-refractivity contribution in [3.63, 3.8) is 0 Å². The Morgan fingerprint density at radius 3 is 2.88 bits per heavy atom. The van der Waals surface area contributed by atoms with E-state index in [-0.39, 0.29) is 18.0 Å². The molecule has 0 aliphatic rings. The van der Waals surface area contributed by atoms with Gasteiger partial charge in [-0.05, 0) is 31.4 Å².